The van der Waals surface area contributed by atoms with Crippen molar-refractivity contribution in [2.45, 2.75) is 64.1 Å². The summed E-state index contributed by atoms with van der Waals surface area (Å²) in [6, 6.07) is 1.08. The van der Waals surface area contributed by atoms with Gasteiger partial charge < -0.3 is 9.64 Å². The van der Waals surface area contributed by atoms with E-state index in [0.29, 0.717) is 12.1 Å². The minimum Gasteiger partial charge on any atom is -0.443 e. The smallest absolute Gasteiger partial charge is 0.422 e. The molecular formula is C13H25N3O2. The van der Waals surface area contributed by atoms with Crippen molar-refractivity contribution >= 4 is 6.09 Å². The van der Waals surface area contributed by atoms with Crippen molar-refractivity contribution in [1.82, 2.24) is 15.8 Å². The lowest BCUT2D eigenvalue weighted by atomic mass is 9.98. The van der Waals surface area contributed by atoms with E-state index in [9.17, 15) is 4.79 Å². The molecule has 104 valence electrons. The Kier molecular flexibility index (Phi) is 4.12. The molecule has 2 fully saturated rings. The SMILES string of the molecule is CC(C)(C)OC(=O)NNC1CCN2CCCC2C1. The second-order valence-electron chi connectivity index (χ2n) is 6.32. The highest BCUT2D eigenvalue weighted by Crippen LogP contribution is 2.26. The lowest BCUT2D eigenvalue weighted by Gasteiger charge is -2.35. The highest BCUT2D eigenvalue weighted by atomic mass is 16.6. The van der Waals surface area contributed by atoms with Gasteiger partial charge in [-0.2, -0.15) is 0 Å². The van der Waals surface area contributed by atoms with Gasteiger partial charge in [-0.3, -0.25) is 5.43 Å². The first-order valence-electron chi connectivity index (χ1n) is 6.92. The van der Waals surface area contributed by atoms with Crippen molar-refractivity contribution in [3.63, 3.8) is 0 Å². The average molecular weight is 255 g/mol. The molecule has 2 N–H and O–H groups in total. The van der Waals surface area contributed by atoms with Crippen molar-refractivity contribution in [2.75, 3.05) is 13.1 Å². The van der Waals surface area contributed by atoms with Crippen LogP contribution in [0.15, 0.2) is 0 Å². The molecule has 2 aliphatic rings. The maximum absolute atomic E-state index is 11.5. The number of nitrogens with one attached hydrogen (secondary N) is 2. The second-order valence-corrected chi connectivity index (χ2v) is 6.32. The van der Waals surface area contributed by atoms with Crippen LogP contribution in [0.1, 0.15) is 46.5 Å². The fourth-order valence-electron chi connectivity index (χ4n) is 2.82. The van der Waals surface area contributed by atoms with E-state index in [0.717, 1.165) is 19.4 Å². The number of amides is 1. The molecule has 0 aromatic carbocycles. The van der Waals surface area contributed by atoms with Gasteiger partial charge in [0.1, 0.15) is 5.60 Å². The Morgan fingerprint density at radius 3 is 2.78 bits per heavy atom. The lowest BCUT2D eigenvalue weighted by molar-refractivity contribution is 0.0469. The highest BCUT2D eigenvalue weighted by molar-refractivity contribution is 5.67. The fraction of sp³-hybridized carbons (Fsp3) is 0.923. The number of nitrogens with zero attached hydrogens (tertiary/aromatic N) is 1. The maximum atomic E-state index is 11.5. The number of rotatable bonds is 2. The van der Waals surface area contributed by atoms with E-state index in [-0.39, 0.29) is 0 Å². The number of hydrogen-bond acceptors (Lipinski definition) is 4. The zero-order chi connectivity index (χ0) is 13.2. The molecule has 2 saturated heterocycles. The van der Waals surface area contributed by atoms with Crippen LogP contribution in [0.25, 0.3) is 0 Å². The number of carbonyl (C=O) groups excluding carboxylic acids is 1. The first kappa shape index (κ1) is 13.6. The van der Waals surface area contributed by atoms with E-state index >= 15 is 0 Å². The van der Waals surface area contributed by atoms with Gasteiger partial charge in [0, 0.05) is 12.1 Å². The average Bonchev–Trinajstić information content (AvgIpc) is 2.71. The monoisotopic (exact) mass is 255 g/mol. The summed E-state index contributed by atoms with van der Waals surface area (Å²) in [4.78, 5) is 14.1. The van der Waals surface area contributed by atoms with Crippen LogP contribution in [0.3, 0.4) is 0 Å². The van der Waals surface area contributed by atoms with Gasteiger partial charge in [-0.05, 0) is 59.5 Å². The minimum atomic E-state index is -0.444. The van der Waals surface area contributed by atoms with Gasteiger partial charge in [0.15, 0.2) is 0 Å². The van der Waals surface area contributed by atoms with Gasteiger partial charge >= 0.3 is 6.09 Å². The van der Waals surface area contributed by atoms with Gasteiger partial charge in [-0.15, -0.1) is 0 Å². The topological polar surface area (TPSA) is 53.6 Å². The van der Waals surface area contributed by atoms with Crippen molar-refractivity contribution in [1.29, 1.82) is 0 Å². The molecule has 0 radical (unpaired) electrons. The third kappa shape index (κ3) is 3.85. The van der Waals surface area contributed by atoms with E-state index < -0.39 is 11.7 Å². The Hall–Kier alpha value is -0.810. The molecule has 5 heteroatoms. The van der Waals surface area contributed by atoms with Crippen LogP contribution in [-0.4, -0.2) is 41.8 Å². The number of fused-ring (bicyclic) bond motifs is 1. The number of hydrogen-bond donors (Lipinski definition) is 2. The van der Waals surface area contributed by atoms with E-state index in [1.165, 1.54) is 19.4 Å². The zero-order valence-corrected chi connectivity index (χ0v) is 11.7. The summed E-state index contributed by atoms with van der Waals surface area (Å²) in [7, 11) is 0. The van der Waals surface area contributed by atoms with Crippen molar-refractivity contribution in [2.24, 2.45) is 0 Å². The largest absolute Gasteiger partial charge is 0.443 e. The Bertz CT molecular complexity index is 301. The van der Waals surface area contributed by atoms with E-state index in [2.05, 4.69) is 15.8 Å². The van der Waals surface area contributed by atoms with Crippen LogP contribution in [0, 0.1) is 0 Å². The van der Waals surface area contributed by atoms with E-state index in [1.54, 1.807) is 0 Å². The molecule has 0 spiro atoms. The van der Waals surface area contributed by atoms with Crippen LogP contribution < -0.4 is 10.9 Å². The molecule has 0 aromatic heterocycles. The summed E-state index contributed by atoms with van der Waals surface area (Å²) in [5.74, 6) is 0. The Balaban J connectivity index is 1.69. The molecule has 2 rings (SSSR count). The standard InChI is InChI=1S/C13H25N3O2/c1-13(2,3)18-12(17)15-14-10-6-8-16-7-4-5-11(16)9-10/h10-11,14H,4-9H2,1-3H3,(H,15,17). The normalized spacial score (nSPS) is 28.8. The minimum absolute atomic E-state index is 0.372. The Morgan fingerprint density at radius 2 is 2.06 bits per heavy atom. The molecule has 2 aliphatic heterocycles. The molecule has 5 nitrogen and oxygen atoms in total. The number of hydrazine groups is 1. The quantitative estimate of drug-likeness (QED) is 0.737. The molecule has 2 heterocycles. The summed E-state index contributed by atoms with van der Waals surface area (Å²) in [6.45, 7) is 7.98. The lowest BCUT2D eigenvalue weighted by Crippen LogP contribution is -2.52. The van der Waals surface area contributed by atoms with Crippen LogP contribution in [0.5, 0.6) is 0 Å². The molecular weight excluding hydrogens is 230 g/mol. The zero-order valence-electron chi connectivity index (χ0n) is 11.7. The predicted octanol–water partition coefficient (Wildman–Crippen LogP) is 1.64. The van der Waals surface area contributed by atoms with Gasteiger partial charge in [0.2, 0.25) is 0 Å². The highest BCUT2D eigenvalue weighted by Gasteiger charge is 2.31. The Morgan fingerprint density at radius 1 is 1.28 bits per heavy atom. The summed E-state index contributed by atoms with van der Waals surface area (Å²) >= 11 is 0. The van der Waals surface area contributed by atoms with Crippen LogP contribution in [-0.2, 0) is 4.74 Å². The van der Waals surface area contributed by atoms with Gasteiger partial charge in [0.25, 0.3) is 0 Å². The van der Waals surface area contributed by atoms with Crippen LogP contribution in [0.2, 0.25) is 0 Å². The van der Waals surface area contributed by atoms with Crippen LogP contribution in [0.4, 0.5) is 4.79 Å². The molecule has 0 bridgehead atoms. The summed E-state index contributed by atoms with van der Waals surface area (Å²) in [6.07, 6.45) is 4.43. The summed E-state index contributed by atoms with van der Waals surface area (Å²) < 4.78 is 5.19. The molecule has 1 amide bonds. The Labute approximate surface area is 109 Å². The fourth-order valence-corrected chi connectivity index (χ4v) is 2.82. The second kappa shape index (κ2) is 5.45. The number of ether oxygens (including phenoxy) is 1. The molecule has 2 unspecified atom stereocenters. The van der Waals surface area contributed by atoms with Crippen molar-refractivity contribution in [3.05, 3.63) is 0 Å². The summed E-state index contributed by atoms with van der Waals surface area (Å²) in [5, 5.41) is 0. The van der Waals surface area contributed by atoms with E-state index in [1.807, 2.05) is 20.8 Å². The molecule has 18 heavy (non-hydrogen) atoms. The maximum Gasteiger partial charge on any atom is 0.422 e. The summed E-state index contributed by atoms with van der Waals surface area (Å²) in [5.41, 5.74) is 5.32. The third-order valence-corrected chi connectivity index (χ3v) is 3.60. The van der Waals surface area contributed by atoms with Gasteiger partial charge in [-0.1, -0.05) is 0 Å². The number of carbonyl (C=O) groups is 1. The van der Waals surface area contributed by atoms with Crippen LogP contribution >= 0.6 is 0 Å². The first-order chi connectivity index (χ1) is 8.44. The van der Waals surface area contributed by atoms with E-state index in [4.69, 9.17) is 4.74 Å². The molecule has 0 saturated carbocycles. The molecule has 0 aliphatic carbocycles. The first-order valence-corrected chi connectivity index (χ1v) is 6.92. The van der Waals surface area contributed by atoms with Gasteiger partial charge in [0.05, 0.1) is 0 Å². The van der Waals surface area contributed by atoms with Crippen molar-refractivity contribution in [3.8, 4) is 0 Å². The molecule has 0 aromatic rings. The van der Waals surface area contributed by atoms with Gasteiger partial charge in [-0.25, -0.2) is 10.2 Å². The predicted molar refractivity (Wildman–Crippen MR) is 70.1 cm³/mol. The third-order valence-electron chi connectivity index (χ3n) is 3.60. The number of piperidine rings is 1. The van der Waals surface area contributed by atoms with Crippen molar-refractivity contribution < 1.29 is 9.53 Å². The molecule has 2 atom stereocenters.